The van der Waals surface area contributed by atoms with Gasteiger partial charge in [-0.3, -0.25) is 14.4 Å². The Morgan fingerprint density at radius 2 is 1.67 bits per heavy atom. The van der Waals surface area contributed by atoms with Gasteiger partial charge in [-0.05, 0) is 48.4 Å². The number of rotatable bonds is 6. The van der Waals surface area contributed by atoms with Gasteiger partial charge < -0.3 is 14.8 Å². The number of ether oxygens (including phenoxy) is 2. The summed E-state index contributed by atoms with van der Waals surface area (Å²) in [6.07, 6.45) is 1.53. The molecule has 0 spiro atoms. The van der Waals surface area contributed by atoms with Crippen molar-refractivity contribution in [3.63, 3.8) is 0 Å². The number of Topliss-reactive ketones (excluding diaryl/α,β-unsaturated/α-hetero) is 2. The number of amides is 1. The van der Waals surface area contributed by atoms with Gasteiger partial charge in [-0.15, -0.1) is 0 Å². The third-order valence-electron chi connectivity index (χ3n) is 5.22. The third kappa shape index (κ3) is 4.66. The van der Waals surface area contributed by atoms with Gasteiger partial charge in [0.1, 0.15) is 0 Å². The Bertz CT molecular complexity index is 1270. The number of carbonyl (C=O) groups excluding carboxylic acids is 3. The van der Waals surface area contributed by atoms with Gasteiger partial charge in [0.25, 0.3) is 5.91 Å². The Morgan fingerprint density at radius 1 is 0.970 bits per heavy atom. The van der Waals surface area contributed by atoms with Crippen molar-refractivity contribution in [2.75, 3.05) is 19.0 Å². The van der Waals surface area contributed by atoms with E-state index in [9.17, 15) is 14.4 Å². The lowest BCUT2D eigenvalue weighted by molar-refractivity contribution is -0.118. The van der Waals surface area contributed by atoms with Gasteiger partial charge in [0.05, 0.1) is 12.7 Å². The van der Waals surface area contributed by atoms with Crippen molar-refractivity contribution in [3.8, 4) is 11.5 Å². The maximum Gasteiger partial charge on any atom is 0.262 e. The first-order chi connectivity index (χ1) is 15.9. The number of ketones is 2. The standard InChI is InChI=1S/C26H20ClNO5/c1-15-7-9-17(13-21(15)27)28-24(29)14-33-22-10-8-16(12-23(22)32-2)11-20-25(30)18-5-3-4-6-19(18)26(20)31/h3-13H,14H2,1-2H3,(H,28,29). The summed E-state index contributed by atoms with van der Waals surface area (Å²) in [5.41, 5.74) is 2.99. The fourth-order valence-corrected chi connectivity index (χ4v) is 3.65. The molecular weight excluding hydrogens is 442 g/mol. The Kier molecular flexibility index (Phi) is 6.29. The van der Waals surface area contributed by atoms with Crippen LogP contribution in [0.25, 0.3) is 6.08 Å². The van der Waals surface area contributed by atoms with Gasteiger partial charge in [-0.2, -0.15) is 0 Å². The van der Waals surface area contributed by atoms with Crippen LogP contribution in [0.15, 0.2) is 66.2 Å². The van der Waals surface area contributed by atoms with Crippen LogP contribution < -0.4 is 14.8 Å². The fraction of sp³-hybridized carbons (Fsp3) is 0.115. The smallest absolute Gasteiger partial charge is 0.262 e. The zero-order valence-electron chi connectivity index (χ0n) is 18.0. The highest BCUT2D eigenvalue weighted by molar-refractivity contribution is 6.41. The first-order valence-corrected chi connectivity index (χ1v) is 10.5. The lowest BCUT2D eigenvalue weighted by Crippen LogP contribution is -2.20. The number of methoxy groups -OCH3 is 1. The second kappa shape index (κ2) is 9.30. The number of allylic oxidation sites excluding steroid dienone is 1. The molecule has 0 aromatic heterocycles. The number of aryl methyl sites for hydroxylation is 1. The number of benzene rings is 3. The van der Waals surface area contributed by atoms with Crippen molar-refractivity contribution in [3.05, 3.63) is 93.5 Å². The Hall–Kier alpha value is -3.90. The minimum Gasteiger partial charge on any atom is -0.493 e. The van der Waals surface area contributed by atoms with Gasteiger partial charge in [0.15, 0.2) is 29.7 Å². The van der Waals surface area contributed by atoms with Crippen LogP contribution in [0, 0.1) is 6.92 Å². The molecule has 0 aliphatic heterocycles. The summed E-state index contributed by atoms with van der Waals surface area (Å²) in [5, 5.41) is 3.28. The molecule has 0 saturated heterocycles. The summed E-state index contributed by atoms with van der Waals surface area (Å²) in [6.45, 7) is 1.63. The number of fused-ring (bicyclic) bond motifs is 1. The SMILES string of the molecule is COc1cc(C=C2C(=O)c3ccccc3C2=O)ccc1OCC(=O)Nc1ccc(C)c(Cl)c1. The molecule has 0 radical (unpaired) electrons. The highest BCUT2D eigenvalue weighted by Crippen LogP contribution is 2.32. The molecule has 1 N–H and O–H groups in total. The van der Waals surface area contributed by atoms with E-state index in [1.54, 1.807) is 54.6 Å². The van der Waals surface area contributed by atoms with Gasteiger partial charge in [0, 0.05) is 21.8 Å². The molecule has 1 amide bonds. The van der Waals surface area contributed by atoms with E-state index in [0.29, 0.717) is 38.9 Å². The van der Waals surface area contributed by atoms with Gasteiger partial charge >= 0.3 is 0 Å². The largest absolute Gasteiger partial charge is 0.493 e. The van der Waals surface area contributed by atoms with Crippen LogP contribution in [0.2, 0.25) is 5.02 Å². The summed E-state index contributed by atoms with van der Waals surface area (Å²) in [6, 6.07) is 16.9. The second-order valence-corrected chi connectivity index (χ2v) is 7.88. The number of anilines is 1. The molecule has 0 bridgehead atoms. The van der Waals surface area contributed by atoms with E-state index < -0.39 is 0 Å². The Labute approximate surface area is 195 Å². The Morgan fingerprint density at radius 3 is 2.30 bits per heavy atom. The second-order valence-electron chi connectivity index (χ2n) is 7.47. The Balaban J connectivity index is 1.47. The molecule has 0 unspecified atom stereocenters. The minimum atomic E-state index is -0.358. The number of hydrogen-bond acceptors (Lipinski definition) is 5. The molecule has 4 rings (SSSR count). The molecule has 6 nitrogen and oxygen atoms in total. The minimum absolute atomic E-state index is 0.100. The number of carbonyl (C=O) groups is 3. The van der Waals surface area contributed by atoms with E-state index in [0.717, 1.165) is 5.56 Å². The number of hydrogen-bond donors (Lipinski definition) is 1. The maximum absolute atomic E-state index is 12.6. The maximum atomic E-state index is 12.6. The zero-order valence-corrected chi connectivity index (χ0v) is 18.7. The molecule has 0 saturated carbocycles. The van der Waals surface area contributed by atoms with E-state index in [4.69, 9.17) is 21.1 Å². The van der Waals surface area contributed by atoms with E-state index >= 15 is 0 Å². The van der Waals surface area contributed by atoms with Crippen LogP contribution in [-0.4, -0.2) is 31.2 Å². The van der Waals surface area contributed by atoms with Crippen molar-refractivity contribution in [1.29, 1.82) is 0 Å². The van der Waals surface area contributed by atoms with Gasteiger partial charge in [-0.25, -0.2) is 0 Å². The van der Waals surface area contributed by atoms with E-state index in [1.165, 1.54) is 13.2 Å². The van der Waals surface area contributed by atoms with E-state index in [-0.39, 0.29) is 29.7 Å². The number of nitrogens with one attached hydrogen (secondary N) is 1. The van der Waals surface area contributed by atoms with Crippen LogP contribution in [-0.2, 0) is 4.79 Å². The third-order valence-corrected chi connectivity index (χ3v) is 5.63. The normalized spacial score (nSPS) is 12.4. The molecule has 1 aliphatic rings. The zero-order chi connectivity index (χ0) is 23.5. The number of halogens is 1. The summed E-state index contributed by atoms with van der Waals surface area (Å²) in [7, 11) is 1.47. The molecule has 3 aromatic rings. The molecule has 0 atom stereocenters. The van der Waals surface area contributed by atoms with Crippen LogP contribution in [0.5, 0.6) is 11.5 Å². The average molecular weight is 462 g/mol. The summed E-state index contributed by atoms with van der Waals surface area (Å²) in [5.74, 6) is -0.247. The van der Waals surface area contributed by atoms with Gasteiger partial charge in [0.2, 0.25) is 0 Å². The van der Waals surface area contributed by atoms with Crippen LogP contribution in [0.4, 0.5) is 5.69 Å². The van der Waals surface area contributed by atoms with Crippen molar-refractivity contribution in [1.82, 2.24) is 0 Å². The van der Waals surface area contributed by atoms with E-state index in [1.807, 2.05) is 13.0 Å². The van der Waals surface area contributed by atoms with Crippen LogP contribution in [0.3, 0.4) is 0 Å². The molecule has 7 heteroatoms. The van der Waals surface area contributed by atoms with E-state index in [2.05, 4.69) is 5.32 Å². The molecule has 0 fully saturated rings. The van der Waals surface area contributed by atoms with Crippen LogP contribution in [0.1, 0.15) is 31.8 Å². The highest BCUT2D eigenvalue weighted by Gasteiger charge is 2.32. The molecule has 3 aromatic carbocycles. The van der Waals surface area contributed by atoms with Crippen molar-refractivity contribution in [2.45, 2.75) is 6.92 Å². The van der Waals surface area contributed by atoms with Crippen LogP contribution >= 0.6 is 11.6 Å². The predicted octanol–water partition coefficient (Wildman–Crippen LogP) is 5.14. The van der Waals surface area contributed by atoms with Crippen molar-refractivity contribution < 1.29 is 23.9 Å². The fourth-order valence-electron chi connectivity index (χ4n) is 3.47. The molecular formula is C26H20ClNO5. The summed E-state index contributed by atoms with van der Waals surface area (Å²) >= 11 is 6.08. The first-order valence-electron chi connectivity index (χ1n) is 10.1. The predicted molar refractivity (Wildman–Crippen MR) is 126 cm³/mol. The summed E-state index contributed by atoms with van der Waals surface area (Å²) in [4.78, 5) is 37.5. The molecule has 1 aliphatic carbocycles. The topological polar surface area (TPSA) is 81.7 Å². The molecule has 33 heavy (non-hydrogen) atoms. The molecule has 166 valence electrons. The lowest BCUT2D eigenvalue weighted by Gasteiger charge is -2.12. The van der Waals surface area contributed by atoms with Crippen molar-refractivity contribution >= 4 is 40.8 Å². The lowest BCUT2D eigenvalue weighted by atomic mass is 10.1. The van der Waals surface area contributed by atoms with Gasteiger partial charge in [-0.1, -0.05) is 48.0 Å². The first kappa shape index (κ1) is 22.3. The summed E-state index contributed by atoms with van der Waals surface area (Å²) < 4.78 is 11.0. The quantitative estimate of drug-likeness (QED) is 0.406. The highest BCUT2D eigenvalue weighted by atomic mass is 35.5. The monoisotopic (exact) mass is 461 g/mol. The van der Waals surface area contributed by atoms with Crippen molar-refractivity contribution in [2.24, 2.45) is 0 Å². The average Bonchev–Trinajstić information content (AvgIpc) is 3.05. The molecule has 0 heterocycles.